The van der Waals surface area contributed by atoms with Crippen LogP contribution in [0.1, 0.15) is 20.8 Å². The summed E-state index contributed by atoms with van der Waals surface area (Å²) in [5.41, 5.74) is -0.556. The third-order valence-corrected chi connectivity index (χ3v) is 2.89. The number of nitrogens with zero attached hydrogens (tertiary/aromatic N) is 1. The fourth-order valence-corrected chi connectivity index (χ4v) is 1.92. The Morgan fingerprint density at radius 3 is 2.39 bits per heavy atom. The molecule has 0 amide bonds. The van der Waals surface area contributed by atoms with Gasteiger partial charge in [-0.3, -0.25) is 4.57 Å². The summed E-state index contributed by atoms with van der Waals surface area (Å²) in [6, 6.07) is 3.01. The van der Waals surface area contributed by atoms with Crippen molar-refractivity contribution in [2.75, 3.05) is 0 Å². The summed E-state index contributed by atoms with van der Waals surface area (Å²) < 4.78 is 20.3. The van der Waals surface area contributed by atoms with Crippen molar-refractivity contribution in [2.45, 2.75) is 26.4 Å². The first-order valence-electron chi connectivity index (χ1n) is 5.46. The molecule has 0 atom stereocenters. The number of halogens is 2. The Morgan fingerprint density at radius 1 is 1.28 bits per heavy atom. The van der Waals surface area contributed by atoms with Gasteiger partial charge in [-0.1, -0.05) is 0 Å². The molecule has 0 bridgehead atoms. The van der Waals surface area contributed by atoms with Gasteiger partial charge in [0.1, 0.15) is 11.4 Å². The van der Waals surface area contributed by atoms with Crippen molar-refractivity contribution in [2.24, 2.45) is 0 Å². The van der Waals surface area contributed by atoms with Gasteiger partial charge in [0.2, 0.25) is 0 Å². The van der Waals surface area contributed by atoms with Gasteiger partial charge in [-0.2, -0.15) is 0 Å². The van der Waals surface area contributed by atoms with E-state index in [4.69, 9.17) is 4.74 Å². The van der Waals surface area contributed by atoms with E-state index < -0.39 is 11.7 Å². The minimum Gasteiger partial charge on any atom is -0.443 e. The van der Waals surface area contributed by atoms with E-state index in [1.807, 2.05) is 0 Å². The fraction of sp³-hybridized carbons (Fsp3) is 0.308. The number of aromatic nitrogens is 1. The lowest BCUT2D eigenvalue weighted by molar-refractivity contribution is 0.0538. The monoisotopic (exact) mass is 313 g/mol. The minimum atomic E-state index is -0.556. The Bertz CT molecular complexity index is 574. The summed E-state index contributed by atoms with van der Waals surface area (Å²) in [6.45, 7) is 5.39. The van der Waals surface area contributed by atoms with Gasteiger partial charge in [0, 0.05) is 23.2 Å². The largest absolute Gasteiger partial charge is 0.443 e. The predicted octanol–water partition coefficient (Wildman–Crippen LogP) is 4.33. The molecule has 0 unspecified atom stereocenters. The molecule has 0 fully saturated rings. The van der Waals surface area contributed by atoms with Crippen molar-refractivity contribution in [3.05, 3.63) is 34.8 Å². The number of carbonyl (C=O) groups is 1. The molecule has 2 rings (SSSR count). The van der Waals surface area contributed by atoms with Crippen LogP contribution in [0.25, 0.3) is 10.8 Å². The second-order valence-electron chi connectivity index (χ2n) is 5.04. The molecule has 1 heterocycles. The van der Waals surface area contributed by atoms with Crippen LogP contribution in [0.4, 0.5) is 9.18 Å². The minimum absolute atomic E-state index is 0.357. The van der Waals surface area contributed by atoms with Gasteiger partial charge >= 0.3 is 6.09 Å². The van der Waals surface area contributed by atoms with E-state index in [-0.39, 0.29) is 5.82 Å². The highest BCUT2D eigenvalue weighted by molar-refractivity contribution is 9.10. The number of hydrogen-bond acceptors (Lipinski definition) is 2. The van der Waals surface area contributed by atoms with Gasteiger partial charge in [-0.05, 0) is 48.8 Å². The highest BCUT2D eigenvalue weighted by Gasteiger charge is 2.18. The summed E-state index contributed by atoms with van der Waals surface area (Å²) in [5.74, 6) is -0.357. The molecule has 2 aromatic rings. The first-order valence-corrected chi connectivity index (χ1v) is 6.26. The Labute approximate surface area is 113 Å². The molecule has 0 aliphatic heterocycles. The number of carbonyl (C=O) groups excluding carboxylic acids is 1. The molecule has 1 aromatic heterocycles. The van der Waals surface area contributed by atoms with E-state index in [1.54, 1.807) is 39.2 Å². The molecule has 3 nitrogen and oxygen atoms in total. The second-order valence-corrected chi connectivity index (χ2v) is 5.90. The van der Waals surface area contributed by atoms with Gasteiger partial charge in [0.25, 0.3) is 0 Å². The van der Waals surface area contributed by atoms with Crippen LogP contribution in [0.3, 0.4) is 0 Å². The number of benzene rings is 1. The average molecular weight is 314 g/mol. The standard InChI is InChI=1S/C13H13BrFNO2/c1-13(2,3)18-12(17)16-6-8-4-10(14)11(15)5-9(8)7-16/h4-7H,1-3H3. The topological polar surface area (TPSA) is 31.2 Å². The third-order valence-electron chi connectivity index (χ3n) is 2.29. The zero-order chi connectivity index (χ0) is 13.5. The van der Waals surface area contributed by atoms with E-state index in [9.17, 15) is 9.18 Å². The van der Waals surface area contributed by atoms with Gasteiger partial charge in [0.05, 0.1) is 4.47 Å². The van der Waals surface area contributed by atoms with Crippen LogP contribution < -0.4 is 0 Å². The highest BCUT2D eigenvalue weighted by atomic mass is 79.9. The molecule has 0 radical (unpaired) electrons. The van der Waals surface area contributed by atoms with Crippen molar-refractivity contribution in [3.8, 4) is 0 Å². The predicted molar refractivity (Wildman–Crippen MR) is 71.2 cm³/mol. The van der Waals surface area contributed by atoms with Crippen LogP contribution >= 0.6 is 15.9 Å². The van der Waals surface area contributed by atoms with Crippen LogP contribution in [0.15, 0.2) is 29.0 Å². The van der Waals surface area contributed by atoms with Gasteiger partial charge in [0.15, 0.2) is 0 Å². The molecule has 1 aromatic carbocycles. The van der Waals surface area contributed by atoms with E-state index in [0.29, 0.717) is 9.86 Å². The summed E-state index contributed by atoms with van der Waals surface area (Å²) in [7, 11) is 0. The fourth-order valence-electron chi connectivity index (χ4n) is 1.56. The first kappa shape index (κ1) is 13.1. The molecule has 0 saturated carbocycles. The number of rotatable bonds is 0. The molecule has 5 heteroatoms. The number of fused-ring (bicyclic) bond motifs is 1. The van der Waals surface area contributed by atoms with Crippen molar-refractivity contribution < 1.29 is 13.9 Å². The summed E-state index contributed by atoms with van der Waals surface area (Å²) in [4.78, 5) is 11.8. The maximum absolute atomic E-state index is 13.4. The zero-order valence-electron chi connectivity index (χ0n) is 10.3. The molecule has 0 saturated heterocycles. The van der Waals surface area contributed by atoms with Crippen LogP contribution in [0, 0.1) is 5.82 Å². The normalized spacial score (nSPS) is 11.8. The maximum atomic E-state index is 13.4. The van der Waals surface area contributed by atoms with E-state index >= 15 is 0 Å². The molecule has 0 N–H and O–H groups in total. The summed E-state index contributed by atoms with van der Waals surface area (Å²) in [6.07, 6.45) is 2.70. The Kier molecular flexibility index (Phi) is 3.19. The third kappa shape index (κ3) is 2.72. The Balaban J connectivity index is 2.39. The van der Waals surface area contributed by atoms with Crippen molar-refractivity contribution >= 4 is 32.8 Å². The van der Waals surface area contributed by atoms with Crippen molar-refractivity contribution in [1.82, 2.24) is 4.57 Å². The Morgan fingerprint density at radius 2 is 1.83 bits per heavy atom. The van der Waals surface area contributed by atoms with Crippen molar-refractivity contribution in [3.63, 3.8) is 0 Å². The summed E-state index contributed by atoms with van der Waals surface area (Å²) in [5, 5.41) is 1.43. The molecular formula is C13H13BrFNO2. The van der Waals surface area contributed by atoms with E-state index in [0.717, 1.165) is 5.39 Å². The first-order chi connectivity index (χ1) is 8.26. The Hall–Kier alpha value is -1.36. The van der Waals surface area contributed by atoms with Gasteiger partial charge < -0.3 is 4.74 Å². The van der Waals surface area contributed by atoms with Gasteiger partial charge in [-0.15, -0.1) is 0 Å². The van der Waals surface area contributed by atoms with Crippen LogP contribution in [-0.2, 0) is 4.74 Å². The van der Waals surface area contributed by atoms with Crippen LogP contribution in [-0.4, -0.2) is 16.3 Å². The molecule has 18 heavy (non-hydrogen) atoms. The molecule has 0 spiro atoms. The van der Waals surface area contributed by atoms with Gasteiger partial charge in [-0.25, -0.2) is 9.18 Å². The second kappa shape index (κ2) is 4.39. The highest BCUT2D eigenvalue weighted by Crippen LogP contribution is 2.24. The van der Waals surface area contributed by atoms with Crippen LogP contribution in [0.2, 0.25) is 0 Å². The number of ether oxygens (including phenoxy) is 1. The lowest BCUT2D eigenvalue weighted by Crippen LogP contribution is -2.26. The van der Waals surface area contributed by atoms with E-state index in [1.165, 1.54) is 10.6 Å². The lowest BCUT2D eigenvalue weighted by Gasteiger charge is -2.19. The lowest BCUT2D eigenvalue weighted by atomic mass is 10.2. The quantitative estimate of drug-likeness (QED) is 0.725. The number of hydrogen-bond donors (Lipinski definition) is 0. The van der Waals surface area contributed by atoms with Crippen molar-refractivity contribution in [1.29, 1.82) is 0 Å². The molecule has 96 valence electrons. The van der Waals surface area contributed by atoms with E-state index in [2.05, 4.69) is 15.9 Å². The maximum Gasteiger partial charge on any atom is 0.418 e. The SMILES string of the molecule is CC(C)(C)OC(=O)n1cc2cc(F)c(Br)cc2c1. The zero-order valence-corrected chi connectivity index (χ0v) is 11.9. The molecular weight excluding hydrogens is 301 g/mol. The summed E-state index contributed by atoms with van der Waals surface area (Å²) >= 11 is 3.11. The average Bonchev–Trinajstić information content (AvgIpc) is 2.59. The smallest absolute Gasteiger partial charge is 0.418 e. The molecule has 0 aliphatic rings. The molecule has 0 aliphatic carbocycles. The van der Waals surface area contributed by atoms with Crippen LogP contribution in [0.5, 0.6) is 0 Å².